The molecule has 1 aliphatic rings. The standard InChI is InChI=1S/C16H24FN/c1-3-4-5-6-11-18-13(2)7-8-14-12-15(17)9-10-16(14)18/h9-10,12-13H,3-8,11H2,1-2H3. The zero-order valence-electron chi connectivity index (χ0n) is 11.6. The smallest absolute Gasteiger partial charge is 0.123 e. The molecule has 0 spiro atoms. The van der Waals surface area contributed by atoms with E-state index in [9.17, 15) is 4.39 Å². The van der Waals surface area contributed by atoms with E-state index in [2.05, 4.69) is 18.7 Å². The van der Waals surface area contributed by atoms with Crippen LogP contribution >= 0.6 is 0 Å². The number of aryl methyl sites for hydroxylation is 1. The third-order valence-corrected chi connectivity index (χ3v) is 3.97. The van der Waals surface area contributed by atoms with E-state index in [4.69, 9.17) is 0 Å². The molecule has 1 atom stereocenters. The summed E-state index contributed by atoms with van der Waals surface area (Å²) in [5.41, 5.74) is 2.44. The molecule has 2 heteroatoms. The maximum absolute atomic E-state index is 13.3. The van der Waals surface area contributed by atoms with Crippen molar-refractivity contribution in [2.24, 2.45) is 0 Å². The quantitative estimate of drug-likeness (QED) is 0.692. The zero-order chi connectivity index (χ0) is 13.0. The lowest BCUT2D eigenvalue weighted by atomic mass is 9.96. The van der Waals surface area contributed by atoms with Gasteiger partial charge in [0.2, 0.25) is 0 Å². The molecule has 1 aliphatic heterocycles. The van der Waals surface area contributed by atoms with Crippen molar-refractivity contribution in [1.82, 2.24) is 0 Å². The van der Waals surface area contributed by atoms with Crippen LogP contribution in [0, 0.1) is 5.82 Å². The maximum atomic E-state index is 13.3. The number of hydrogen-bond donors (Lipinski definition) is 0. The van der Waals surface area contributed by atoms with Gasteiger partial charge in [0.05, 0.1) is 0 Å². The lowest BCUT2D eigenvalue weighted by Gasteiger charge is -2.37. The summed E-state index contributed by atoms with van der Waals surface area (Å²) < 4.78 is 13.3. The summed E-state index contributed by atoms with van der Waals surface area (Å²) in [6.07, 6.45) is 7.30. The predicted octanol–water partition coefficient (Wildman–Crippen LogP) is 4.55. The summed E-state index contributed by atoms with van der Waals surface area (Å²) in [6.45, 7) is 5.63. The lowest BCUT2D eigenvalue weighted by Crippen LogP contribution is -2.38. The highest BCUT2D eigenvalue weighted by Crippen LogP contribution is 2.31. The molecule has 100 valence electrons. The van der Waals surface area contributed by atoms with Crippen molar-refractivity contribution in [2.75, 3.05) is 11.4 Å². The van der Waals surface area contributed by atoms with Gasteiger partial charge < -0.3 is 4.90 Å². The highest BCUT2D eigenvalue weighted by Gasteiger charge is 2.22. The van der Waals surface area contributed by atoms with Crippen LogP contribution < -0.4 is 4.90 Å². The molecule has 0 amide bonds. The van der Waals surface area contributed by atoms with Crippen LogP contribution in [0.15, 0.2) is 18.2 Å². The molecule has 1 unspecified atom stereocenters. The number of halogens is 1. The van der Waals surface area contributed by atoms with E-state index < -0.39 is 0 Å². The second-order valence-electron chi connectivity index (χ2n) is 5.41. The van der Waals surface area contributed by atoms with Crippen LogP contribution in [0.25, 0.3) is 0 Å². The third kappa shape index (κ3) is 3.04. The minimum atomic E-state index is -0.103. The summed E-state index contributed by atoms with van der Waals surface area (Å²) in [7, 11) is 0. The number of fused-ring (bicyclic) bond motifs is 1. The van der Waals surface area contributed by atoms with Crippen molar-refractivity contribution in [1.29, 1.82) is 0 Å². The number of rotatable bonds is 5. The highest BCUT2D eigenvalue weighted by atomic mass is 19.1. The third-order valence-electron chi connectivity index (χ3n) is 3.97. The molecule has 0 aromatic heterocycles. The molecule has 1 aromatic rings. The molecule has 0 aliphatic carbocycles. The average Bonchev–Trinajstić information content (AvgIpc) is 2.37. The first-order valence-corrected chi connectivity index (χ1v) is 7.27. The molecule has 0 saturated carbocycles. The molecule has 0 fully saturated rings. The van der Waals surface area contributed by atoms with Gasteiger partial charge in [-0.15, -0.1) is 0 Å². The first kappa shape index (κ1) is 13.4. The second kappa shape index (κ2) is 6.21. The van der Waals surface area contributed by atoms with Crippen molar-refractivity contribution in [3.8, 4) is 0 Å². The minimum Gasteiger partial charge on any atom is -0.369 e. The van der Waals surface area contributed by atoms with E-state index in [-0.39, 0.29) is 5.82 Å². The Labute approximate surface area is 110 Å². The van der Waals surface area contributed by atoms with Gasteiger partial charge in [0.15, 0.2) is 0 Å². The van der Waals surface area contributed by atoms with Gasteiger partial charge in [-0.05, 0) is 49.9 Å². The summed E-state index contributed by atoms with van der Waals surface area (Å²) in [5, 5.41) is 0. The summed E-state index contributed by atoms with van der Waals surface area (Å²) >= 11 is 0. The summed E-state index contributed by atoms with van der Waals surface area (Å²) in [6, 6.07) is 5.85. The van der Waals surface area contributed by atoms with E-state index in [1.54, 1.807) is 12.1 Å². The number of unbranched alkanes of at least 4 members (excludes halogenated alkanes) is 3. The molecule has 1 heterocycles. The first-order chi connectivity index (χ1) is 8.72. The van der Waals surface area contributed by atoms with Crippen LogP contribution in [-0.2, 0) is 6.42 Å². The monoisotopic (exact) mass is 249 g/mol. The van der Waals surface area contributed by atoms with E-state index in [0.717, 1.165) is 19.4 Å². The van der Waals surface area contributed by atoms with Gasteiger partial charge in [0.1, 0.15) is 5.82 Å². The molecule has 1 aromatic carbocycles. The van der Waals surface area contributed by atoms with Crippen molar-refractivity contribution >= 4 is 5.69 Å². The Hall–Kier alpha value is -1.05. The topological polar surface area (TPSA) is 3.24 Å². The number of benzene rings is 1. The van der Waals surface area contributed by atoms with Crippen molar-refractivity contribution in [3.05, 3.63) is 29.6 Å². The Morgan fingerprint density at radius 2 is 2.11 bits per heavy atom. The van der Waals surface area contributed by atoms with E-state index >= 15 is 0 Å². The fourth-order valence-electron chi connectivity index (χ4n) is 2.84. The van der Waals surface area contributed by atoms with Gasteiger partial charge in [0, 0.05) is 18.3 Å². The van der Waals surface area contributed by atoms with Gasteiger partial charge in [0.25, 0.3) is 0 Å². The van der Waals surface area contributed by atoms with Crippen molar-refractivity contribution in [3.63, 3.8) is 0 Å². The largest absolute Gasteiger partial charge is 0.369 e. The van der Waals surface area contributed by atoms with Crippen LogP contribution in [0.5, 0.6) is 0 Å². The molecule has 0 bridgehead atoms. The summed E-state index contributed by atoms with van der Waals surface area (Å²) in [5.74, 6) is -0.103. The number of anilines is 1. The highest BCUT2D eigenvalue weighted by molar-refractivity contribution is 5.56. The Bertz CT molecular complexity index is 389. The van der Waals surface area contributed by atoms with Crippen molar-refractivity contribution < 1.29 is 4.39 Å². The first-order valence-electron chi connectivity index (χ1n) is 7.27. The number of hydrogen-bond acceptors (Lipinski definition) is 1. The average molecular weight is 249 g/mol. The van der Waals surface area contributed by atoms with E-state index in [1.807, 2.05) is 6.07 Å². The van der Waals surface area contributed by atoms with Crippen LogP contribution in [0.2, 0.25) is 0 Å². The predicted molar refractivity (Wildman–Crippen MR) is 75.7 cm³/mol. The fraction of sp³-hybridized carbons (Fsp3) is 0.625. The van der Waals surface area contributed by atoms with Crippen molar-refractivity contribution in [2.45, 2.75) is 58.4 Å². The minimum absolute atomic E-state index is 0.103. The molecule has 18 heavy (non-hydrogen) atoms. The molecule has 0 saturated heterocycles. The maximum Gasteiger partial charge on any atom is 0.123 e. The zero-order valence-corrected chi connectivity index (χ0v) is 11.6. The fourth-order valence-corrected chi connectivity index (χ4v) is 2.84. The Kier molecular flexibility index (Phi) is 4.62. The van der Waals surface area contributed by atoms with Gasteiger partial charge in [-0.3, -0.25) is 0 Å². The molecule has 0 N–H and O–H groups in total. The Balaban J connectivity index is 2.05. The number of nitrogens with zero attached hydrogens (tertiary/aromatic N) is 1. The van der Waals surface area contributed by atoms with Gasteiger partial charge in [-0.2, -0.15) is 0 Å². The molecule has 1 nitrogen and oxygen atoms in total. The van der Waals surface area contributed by atoms with Crippen LogP contribution in [0.4, 0.5) is 10.1 Å². The SMILES string of the molecule is CCCCCCN1c2ccc(F)cc2CCC1C. The van der Waals surface area contributed by atoms with Crippen LogP contribution in [0.3, 0.4) is 0 Å². The molecular formula is C16H24FN. The summed E-state index contributed by atoms with van der Waals surface area (Å²) in [4.78, 5) is 2.47. The van der Waals surface area contributed by atoms with Gasteiger partial charge in [-0.1, -0.05) is 26.2 Å². The van der Waals surface area contributed by atoms with E-state index in [1.165, 1.54) is 36.9 Å². The van der Waals surface area contributed by atoms with Gasteiger partial charge >= 0.3 is 0 Å². The van der Waals surface area contributed by atoms with Crippen LogP contribution in [-0.4, -0.2) is 12.6 Å². The molecule has 0 radical (unpaired) electrons. The second-order valence-corrected chi connectivity index (χ2v) is 5.41. The lowest BCUT2D eigenvalue weighted by molar-refractivity contribution is 0.534. The Morgan fingerprint density at radius 1 is 1.28 bits per heavy atom. The van der Waals surface area contributed by atoms with Crippen LogP contribution in [0.1, 0.15) is 51.5 Å². The molecular weight excluding hydrogens is 225 g/mol. The van der Waals surface area contributed by atoms with E-state index in [0.29, 0.717) is 6.04 Å². The normalized spacial score (nSPS) is 18.8. The Morgan fingerprint density at radius 3 is 2.89 bits per heavy atom. The van der Waals surface area contributed by atoms with Gasteiger partial charge in [-0.25, -0.2) is 4.39 Å². The molecule has 2 rings (SSSR count).